The Labute approximate surface area is 320 Å². The lowest BCUT2D eigenvalue weighted by atomic mass is 10.1. The maximum Gasteiger partial charge on any atom is 0.0567 e. The van der Waals surface area contributed by atoms with E-state index in [9.17, 15) is 0 Å². The lowest BCUT2D eigenvalue weighted by Crippen LogP contribution is -2.12. The van der Waals surface area contributed by atoms with Crippen LogP contribution in [0.1, 0.15) is 22.3 Å². The van der Waals surface area contributed by atoms with Gasteiger partial charge in [-0.15, -0.1) is 0 Å². The standard InChI is InChI=1S/C50H42N4/c1-51(43-16-7-5-8-17-43)45-30-32-47(33-31-45)53(3)49-20-13-14-41(38-49)27-26-39-22-24-40(25-23-39)28-29-42-15-11-12-21-50(42)54(4)48-36-34-46(35-37-48)52(2)44-18-9-6-10-19-44/h5-25,30-38H,1-4H3. The molecule has 0 saturated heterocycles. The quantitative estimate of drug-likeness (QED) is 0.146. The van der Waals surface area contributed by atoms with E-state index in [4.69, 9.17) is 0 Å². The first-order valence-corrected chi connectivity index (χ1v) is 18.0. The molecule has 0 bridgehead atoms. The van der Waals surface area contributed by atoms with Crippen LogP contribution in [0, 0.1) is 23.7 Å². The molecule has 0 saturated carbocycles. The third-order valence-electron chi connectivity index (χ3n) is 9.61. The fourth-order valence-corrected chi connectivity index (χ4v) is 6.27. The summed E-state index contributed by atoms with van der Waals surface area (Å²) in [5.74, 6) is 13.5. The summed E-state index contributed by atoms with van der Waals surface area (Å²) in [5, 5.41) is 0. The second-order valence-electron chi connectivity index (χ2n) is 13.1. The van der Waals surface area contributed by atoms with E-state index in [2.05, 4.69) is 205 Å². The molecule has 4 heteroatoms. The maximum atomic E-state index is 3.41. The van der Waals surface area contributed by atoms with E-state index in [0.717, 1.165) is 67.8 Å². The molecule has 0 aromatic heterocycles. The summed E-state index contributed by atoms with van der Waals surface area (Å²) >= 11 is 0. The van der Waals surface area contributed by atoms with Crippen LogP contribution in [0.3, 0.4) is 0 Å². The average Bonchev–Trinajstić information content (AvgIpc) is 3.25. The van der Waals surface area contributed by atoms with E-state index >= 15 is 0 Å². The molecule has 0 aliphatic rings. The molecule has 0 atom stereocenters. The summed E-state index contributed by atoms with van der Waals surface area (Å²) < 4.78 is 0. The van der Waals surface area contributed by atoms with Crippen LogP contribution in [-0.2, 0) is 0 Å². The number of para-hydroxylation sites is 3. The van der Waals surface area contributed by atoms with Crippen molar-refractivity contribution in [3.05, 3.63) is 204 Å². The van der Waals surface area contributed by atoms with Crippen molar-refractivity contribution in [2.75, 3.05) is 47.8 Å². The zero-order chi connectivity index (χ0) is 37.3. The molecule has 4 nitrogen and oxygen atoms in total. The van der Waals surface area contributed by atoms with E-state index in [1.54, 1.807) is 0 Å². The first kappa shape index (κ1) is 35.3. The van der Waals surface area contributed by atoms with Crippen LogP contribution in [0.5, 0.6) is 0 Å². The molecule has 7 aromatic carbocycles. The van der Waals surface area contributed by atoms with Gasteiger partial charge >= 0.3 is 0 Å². The van der Waals surface area contributed by atoms with Gasteiger partial charge in [-0.05, 0) is 127 Å². The number of benzene rings is 7. The van der Waals surface area contributed by atoms with Crippen molar-refractivity contribution in [1.29, 1.82) is 0 Å². The Kier molecular flexibility index (Phi) is 10.8. The van der Waals surface area contributed by atoms with Gasteiger partial charge in [-0.2, -0.15) is 0 Å². The van der Waals surface area contributed by atoms with Crippen LogP contribution in [-0.4, -0.2) is 28.2 Å². The fraction of sp³-hybridized carbons (Fsp3) is 0.0800. The van der Waals surface area contributed by atoms with E-state index < -0.39 is 0 Å². The Morgan fingerprint density at radius 2 is 0.648 bits per heavy atom. The van der Waals surface area contributed by atoms with Crippen LogP contribution in [0.15, 0.2) is 182 Å². The SMILES string of the molecule is CN(c1ccccc1)c1ccc(N(C)c2cccc(C#Cc3ccc(C#Cc4ccccc4N(C)c4ccc(N(C)c5ccccc5)cc4)cc3)c2)cc1. The minimum Gasteiger partial charge on any atom is -0.345 e. The third kappa shape index (κ3) is 8.32. The highest BCUT2D eigenvalue weighted by molar-refractivity contribution is 5.73. The normalized spacial score (nSPS) is 10.3. The molecule has 0 amide bonds. The molecule has 0 heterocycles. The lowest BCUT2D eigenvalue weighted by Gasteiger charge is -2.23. The zero-order valence-electron chi connectivity index (χ0n) is 31.1. The van der Waals surface area contributed by atoms with Crippen molar-refractivity contribution in [3.8, 4) is 23.7 Å². The highest BCUT2D eigenvalue weighted by Gasteiger charge is 2.10. The predicted octanol–water partition coefficient (Wildman–Crippen LogP) is 11.6. The first-order valence-electron chi connectivity index (χ1n) is 18.0. The summed E-state index contributed by atoms with van der Waals surface area (Å²) in [6.07, 6.45) is 0. The molecule has 54 heavy (non-hydrogen) atoms. The van der Waals surface area contributed by atoms with Crippen molar-refractivity contribution in [3.63, 3.8) is 0 Å². The van der Waals surface area contributed by atoms with Crippen LogP contribution in [0.25, 0.3) is 0 Å². The summed E-state index contributed by atoms with van der Waals surface area (Å²) in [7, 11) is 8.34. The summed E-state index contributed by atoms with van der Waals surface area (Å²) in [6, 6.07) is 62.7. The van der Waals surface area contributed by atoms with Crippen LogP contribution >= 0.6 is 0 Å². The Morgan fingerprint density at radius 3 is 1.17 bits per heavy atom. The summed E-state index contributed by atoms with van der Waals surface area (Å²) in [5.41, 5.74) is 12.7. The highest BCUT2D eigenvalue weighted by Crippen LogP contribution is 2.31. The van der Waals surface area contributed by atoms with E-state index in [1.807, 2.05) is 48.5 Å². The predicted molar refractivity (Wildman–Crippen MR) is 229 cm³/mol. The molecule has 7 aromatic rings. The van der Waals surface area contributed by atoms with Gasteiger partial charge in [-0.3, -0.25) is 0 Å². The van der Waals surface area contributed by atoms with Crippen molar-refractivity contribution >= 4 is 45.5 Å². The number of nitrogens with zero attached hydrogens (tertiary/aromatic N) is 4. The summed E-state index contributed by atoms with van der Waals surface area (Å²) in [4.78, 5) is 8.74. The van der Waals surface area contributed by atoms with Crippen molar-refractivity contribution in [1.82, 2.24) is 0 Å². The third-order valence-corrected chi connectivity index (χ3v) is 9.61. The van der Waals surface area contributed by atoms with E-state index in [-0.39, 0.29) is 0 Å². The van der Waals surface area contributed by atoms with Crippen LogP contribution in [0.2, 0.25) is 0 Å². The molecule has 0 spiro atoms. The largest absolute Gasteiger partial charge is 0.345 e. The molecule has 0 radical (unpaired) electrons. The van der Waals surface area contributed by atoms with Crippen molar-refractivity contribution < 1.29 is 0 Å². The first-order chi connectivity index (χ1) is 26.4. The molecule has 0 N–H and O–H groups in total. The molecule has 0 aliphatic heterocycles. The summed E-state index contributed by atoms with van der Waals surface area (Å²) in [6.45, 7) is 0. The minimum atomic E-state index is 0.941. The fourth-order valence-electron chi connectivity index (χ4n) is 6.27. The minimum absolute atomic E-state index is 0.941. The van der Waals surface area contributed by atoms with Gasteiger partial charge in [0.1, 0.15) is 0 Å². The van der Waals surface area contributed by atoms with Gasteiger partial charge < -0.3 is 19.6 Å². The molecular formula is C50H42N4. The van der Waals surface area contributed by atoms with E-state index in [0.29, 0.717) is 0 Å². The Hall–Kier alpha value is -7.14. The lowest BCUT2D eigenvalue weighted by molar-refractivity contribution is 1.18. The number of anilines is 8. The van der Waals surface area contributed by atoms with Crippen molar-refractivity contribution in [2.24, 2.45) is 0 Å². The molecule has 0 fully saturated rings. The van der Waals surface area contributed by atoms with Crippen LogP contribution in [0.4, 0.5) is 45.5 Å². The van der Waals surface area contributed by atoms with E-state index in [1.165, 1.54) is 0 Å². The highest BCUT2D eigenvalue weighted by atomic mass is 15.1. The number of hydrogen-bond acceptors (Lipinski definition) is 4. The number of rotatable bonds is 8. The van der Waals surface area contributed by atoms with Gasteiger partial charge in [0.2, 0.25) is 0 Å². The van der Waals surface area contributed by atoms with Crippen molar-refractivity contribution in [2.45, 2.75) is 0 Å². The average molecular weight is 699 g/mol. The van der Waals surface area contributed by atoms with Gasteiger partial charge in [0.15, 0.2) is 0 Å². The van der Waals surface area contributed by atoms with Gasteiger partial charge in [0.25, 0.3) is 0 Å². The Balaban J connectivity index is 1.00. The monoisotopic (exact) mass is 698 g/mol. The second kappa shape index (κ2) is 16.5. The van der Waals surface area contributed by atoms with Gasteiger partial charge in [0, 0.05) is 90.3 Å². The molecule has 7 rings (SSSR count). The number of hydrogen-bond donors (Lipinski definition) is 0. The second-order valence-corrected chi connectivity index (χ2v) is 13.1. The molecule has 0 aliphatic carbocycles. The Bertz CT molecular complexity index is 2430. The van der Waals surface area contributed by atoms with Gasteiger partial charge in [-0.25, -0.2) is 0 Å². The van der Waals surface area contributed by atoms with Crippen LogP contribution < -0.4 is 19.6 Å². The smallest absolute Gasteiger partial charge is 0.0567 e. The molecule has 0 unspecified atom stereocenters. The Morgan fingerprint density at radius 1 is 0.278 bits per heavy atom. The maximum absolute atomic E-state index is 3.41. The molecule has 262 valence electrons. The topological polar surface area (TPSA) is 13.0 Å². The van der Waals surface area contributed by atoms with Gasteiger partial charge in [-0.1, -0.05) is 78.3 Å². The zero-order valence-corrected chi connectivity index (χ0v) is 31.1. The molecular weight excluding hydrogens is 657 g/mol. The van der Waals surface area contributed by atoms with Gasteiger partial charge in [0.05, 0.1) is 5.69 Å².